The van der Waals surface area contributed by atoms with Crippen molar-refractivity contribution in [1.29, 1.82) is 0 Å². The lowest BCUT2D eigenvalue weighted by Crippen LogP contribution is -3.00. The summed E-state index contributed by atoms with van der Waals surface area (Å²) in [6, 6.07) is 0. The number of H-pyrrole nitrogens is 1. The van der Waals surface area contributed by atoms with Gasteiger partial charge in [-0.2, -0.15) is 0 Å². The predicted octanol–water partition coefficient (Wildman–Crippen LogP) is -1.87. The Morgan fingerprint density at radius 2 is 1.27 bits per heavy atom. The molecule has 62 valence electrons. The van der Waals surface area contributed by atoms with E-state index in [1.165, 1.54) is 0 Å². The zero-order valence-electron chi connectivity index (χ0n) is 7.33. The van der Waals surface area contributed by atoms with Crippen LogP contribution < -0.4 is 29.0 Å². The van der Waals surface area contributed by atoms with E-state index in [1.54, 1.807) is 0 Å². The van der Waals surface area contributed by atoms with E-state index in [0.29, 0.717) is 0 Å². The number of aryl methyl sites for hydroxylation is 4. The minimum Gasteiger partial charge on any atom is -1.00 e. The highest BCUT2D eigenvalue weighted by molar-refractivity contribution is 5.08. The van der Waals surface area contributed by atoms with Crippen molar-refractivity contribution in [3.8, 4) is 0 Å². The average Bonchev–Trinajstić information content (AvgIpc) is 1.84. The van der Waals surface area contributed by atoms with Crippen LogP contribution in [-0.4, -0.2) is 4.98 Å². The third-order valence-corrected chi connectivity index (χ3v) is 1.80. The summed E-state index contributed by atoms with van der Waals surface area (Å²) in [7, 11) is 0. The summed E-state index contributed by atoms with van der Waals surface area (Å²) in [5, 5.41) is 0. The molecule has 0 amide bonds. The van der Waals surface area contributed by atoms with Crippen LogP contribution in [-0.2, 0) is 0 Å². The SMILES string of the molecule is Cc1nc(C)c(C)[nH+]c1C.[I-]. The fourth-order valence-corrected chi connectivity index (χ4v) is 0.881. The van der Waals surface area contributed by atoms with Gasteiger partial charge in [0.25, 0.3) is 0 Å². The summed E-state index contributed by atoms with van der Waals surface area (Å²) in [5.74, 6) is 0. The first-order valence-electron chi connectivity index (χ1n) is 3.45. The standard InChI is InChI=1S/C8H12N2.HI/c1-5-6(2)10-8(4)7(3)9-5;/h1-4H3;1H. The Hall–Kier alpha value is -0.190. The number of nitrogens with zero attached hydrogens (tertiary/aromatic N) is 1. The molecule has 0 spiro atoms. The summed E-state index contributed by atoms with van der Waals surface area (Å²) in [6.07, 6.45) is 0. The van der Waals surface area contributed by atoms with Crippen molar-refractivity contribution in [2.75, 3.05) is 0 Å². The second-order valence-electron chi connectivity index (χ2n) is 2.66. The Labute approximate surface area is 84.5 Å². The summed E-state index contributed by atoms with van der Waals surface area (Å²) < 4.78 is 0. The van der Waals surface area contributed by atoms with E-state index in [1.807, 2.05) is 27.7 Å². The maximum Gasteiger partial charge on any atom is 0.198 e. The molecule has 1 rings (SSSR count). The minimum atomic E-state index is 0. The highest BCUT2D eigenvalue weighted by Gasteiger charge is 2.05. The van der Waals surface area contributed by atoms with Crippen molar-refractivity contribution in [3.05, 3.63) is 22.8 Å². The van der Waals surface area contributed by atoms with Gasteiger partial charge in [-0.15, -0.1) is 0 Å². The topological polar surface area (TPSA) is 27.0 Å². The Bertz CT molecular complexity index is 208. The van der Waals surface area contributed by atoms with Gasteiger partial charge in [0.1, 0.15) is 11.4 Å². The zero-order valence-corrected chi connectivity index (χ0v) is 9.48. The molecule has 0 saturated heterocycles. The molecular weight excluding hydrogens is 251 g/mol. The van der Waals surface area contributed by atoms with Gasteiger partial charge in [0.05, 0.1) is 0 Å². The number of rotatable bonds is 0. The predicted molar refractivity (Wildman–Crippen MR) is 39.7 cm³/mol. The lowest BCUT2D eigenvalue weighted by molar-refractivity contribution is -0.399. The van der Waals surface area contributed by atoms with Crippen LogP contribution in [0.15, 0.2) is 0 Å². The average molecular weight is 264 g/mol. The summed E-state index contributed by atoms with van der Waals surface area (Å²) in [6.45, 7) is 8.10. The summed E-state index contributed by atoms with van der Waals surface area (Å²) in [4.78, 5) is 7.59. The number of hydrogen-bond acceptors (Lipinski definition) is 1. The van der Waals surface area contributed by atoms with Crippen LogP contribution >= 0.6 is 0 Å². The second kappa shape index (κ2) is 3.99. The van der Waals surface area contributed by atoms with Crippen molar-refractivity contribution < 1.29 is 29.0 Å². The van der Waals surface area contributed by atoms with Crippen LogP contribution in [0, 0.1) is 27.7 Å². The zero-order chi connectivity index (χ0) is 7.72. The molecule has 1 aromatic rings. The van der Waals surface area contributed by atoms with Gasteiger partial charge in [-0.1, -0.05) is 0 Å². The van der Waals surface area contributed by atoms with Gasteiger partial charge in [0.15, 0.2) is 11.4 Å². The number of hydrogen-bond donors (Lipinski definition) is 0. The molecule has 11 heavy (non-hydrogen) atoms. The van der Waals surface area contributed by atoms with Gasteiger partial charge in [0.2, 0.25) is 0 Å². The molecule has 0 aromatic carbocycles. The number of halogens is 1. The van der Waals surface area contributed by atoms with Crippen LogP contribution in [0.4, 0.5) is 0 Å². The van der Waals surface area contributed by atoms with Crippen molar-refractivity contribution in [2.45, 2.75) is 27.7 Å². The molecule has 0 aliphatic rings. The first kappa shape index (κ1) is 10.8. The second-order valence-corrected chi connectivity index (χ2v) is 2.66. The first-order chi connectivity index (χ1) is 4.61. The third-order valence-electron chi connectivity index (χ3n) is 1.80. The third kappa shape index (κ3) is 2.39. The van der Waals surface area contributed by atoms with Gasteiger partial charge < -0.3 is 24.0 Å². The van der Waals surface area contributed by atoms with Gasteiger partial charge in [0, 0.05) is 13.8 Å². The maximum atomic E-state index is 4.34. The van der Waals surface area contributed by atoms with E-state index >= 15 is 0 Å². The Kier molecular flexibility index (Phi) is 3.92. The Morgan fingerprint density at radius 1 is 0.909 bits per heavy atom. The van der Waals surface area contributed by atoms with Crippen molar-refractivity contribution in [2.24, 2.45) is 0 Å². The fraction of sp³-hybridized carbons (Fsp3) is 0.500. The number of aromatic amines is 1. The van der Waals surface area contributed by atoms with Crippen LogP contribution in [0.5, 0.6) is 0 Å². The van der Waals surface area contributed by atoms with Crippen molar-refractivity contribution in [3.63, 3.8) is 0 Å². The number of nitrogens with one attached hydrogen (secondary N) is 1. The summed E-state index contributed by atoms with van der Waals surface area (Å²) >= 11 is 0. The Balaban J connectivity index is 0.000001000. The molecule has 2 nitrogen and oxygen atoms in total. The first-order valence-corrected chi connectivity index (χ1v) is 3.45. The molecule has 0 unspecified atom stereocenters. The van der Waals surface area contributed by atoms with E-state index in [4.69, 9.17) is 0 Å². The molecule has 0 atom stereocenters. The molecule has 0 saturated carbocycles. The van der Waals surface area contributed by atoms with Gasteiger partial charge in [-0.05, 0) is 13.8 Å². The van der Waals surface area contributed by atoms with E-state index in [-0.39, 0.29) is 24.0 Å². The number of aromatic nitrogens is 2. The quantitative estimate of drug-likeness (QED) is 0.505. The lowest BCUT2D eigenvalue weighted by atomic mass is 10.3. The van der Waals surface area contributed by atoms with Crippen LogP contribution in [0.25, 0.3) is 0 Å². The lowest BCUT2D eigenvalue weighted by Gasteiger charge is -1.95. The maximum absolute atomic E-state index is 4.34. The highest BCUT2D eigenvalue weighted by Crippen LogP contribution is 1.99. The van der Waals surface area contributed by atoms with Crippen molar-refractivity contribution >= 4 is 0 Å². The van der Waals surface area contributed by atoms with E-state index in [2.05, 4.69) is 9.97 Å². The van der Waals surface area contributed by atoms with Crippen LogP contribution in [0.1, 0.15) is 22.8 Å². The van der Waals surface area contributed by atoms with Crippen LogP contribution in [0.3, 0.4) is 0 Å². The molecule has 1 N–H and O–H groups in total. The molecule has 0 aliphatic carbocycles. The Morgan fingerprint density at radius 3 is 1.55 bits per heavy atom. The van der Waals surface area contributed by atoms with Gasteiger partial charge in [-0.25, -0.2) is 9.97 Å². The molecule has 1 aromatic heterocycles. The molecule has 0 radical (unpaired) electrons. The normalized spacial score (nSPS) is 9.09. The van der Waals surface area contributed by atoms with Crippen molar-refractivity contribution in [1.82, 2.24) is 4.98 Å². The minimum absolute atomic E-state index is 0. The van der Waals surface area contributed by atoms with E-state index in [0.717, 1.165) is 22.8 Å². The highest BCUT2D eigenvalue weighted by atomic mass is 127. The van der Waals surface area contributed by atoms with Gasteiger partial charge in [-0.3, -0.25) is 0 Å². The van der Waals surface area contributed by atoms with Gasteiger partial charge >= 0.3 is 0 Å². The molecular formula is C8H13IN2. The fourth-order valence-electron chi connectivity index (χ4n) is 0.881. The van der Waals surface area contributed by atoms with E-state index < -0.39 is 0 Å². The van der Waals surface area contributed by atoms with Crippen LogP contribution in [0.2, 0.25) is 0 Å². The summed E-state index contributed by atoms with van der Waals surface area (Å²) in [5.41, 5.74) is 4.48. The smallest absolute Gasteiger partial charge is 0.198 e. The van der Waals surface area contributed by atoms with E-state index in [9.17, 15) is 0 Å². The monoisotopic (exact) mass is 264 g/mol. The molecule has 3 heteroatoms. The molecule has 0 fully saturated rings. The molecule has 0 aliphatic heterocycles. The molecule has 1 heterocycles. The molecule has 0 bridgehead atoms. The largest absolute Gasteiger partial charge is 1.00 e.